The molecule has 6 aromatic rings. The Morgan fingerprint density at radius 3 is 1.22 bits per heavy atom. The van der Waals surface area contributed by atoms with Crippen LogP contribution in [0.3, 0.4) is 0 Å². The molecular weight excluding hydrogens is 855 g/mol. The van der Waals surface area contributed by atoms with E-state index >= 15 is 0 Å². The molecule has 19 heteroatoms. The van der Waals surface area contributed by atoms with Crippen LogP contribution in [0.4, 0.5) is 34.1 Å². The number of hydrogen-bond donors (Lipinski definition) is 4. The first-order chi connectivity index (χ1) is 28.9. The van der Waals surface area contributed by atoms with Gasteiger partial charge in [0, 0.05) is 28.9 Å². The van der Waals surface area contributed by atoms with Gasteiger partial charge in [-0.2, -0.15) is 19.6 Å². The number of aryl methyl sites for hydroxylation is 4. The van der Waals surface area contributed by atoms with Crippen molar-refractivity contribution in [1.82, 2.24) is 19.6 Å². The van der Waals surface area contributed by atoms with Gasteiger partial charge in [0.25, 0.3) is 0 Å². The van der Waals surface area contributed by atoms with Gasteiger partial charge >= 0.3 is 11.4 Å². The maximum atomic E-state index is 11.4. The minimum absolute atomic E-state index is 0. The minimum Gasteiger partial charge on any atom is -0.501 e. The molecule has 18 nitrogen and oxygen atoms in total. The van der Waals surface area contributed by atoms with E-state index in [9.17, 15) is 40.7 Å². The van der Waals surface area contributed by atoms with Gasteiger partial charge in [0.2, 0.25) is 23.3 Å². The summed E-state index contributed by atoms with van der Waals surface area (Å²) in [4.78, 5) is 21.5. The number of phenols is 2. The molecule has 0 unspecified atom stereocenters. The van der Waals surface area contributed by atoms with E-state index < -0.39 is 32.7 Å². The Bertz CT molecular complexity index is 2540. The molecule has 6 rings (SSSR count). The Morgan fingerprint density at radius 2 is 0.921 bits per heavy atom. The quantitative estimate of drug-likeness (QED) is 0.0574. The van der Waals surface area contributed by atoms with E-state index in [0.717, 1.165) is 11.1 Å². The molecule has 2 heterocycles. The van der Waals surface area contributed by atoms with Crippen molar-refractivity contribution in [3.05, 3.63) is 127 Å². The van der Waals surface area contributed by atoms with Crippen molar-refractivity contribution in [2.45, 2.75) is 82.1 Å². The van der Waals surface area contributed by atoms with Gasteiger partial charge in [0.1, 0.15) is 11.4 Å². The van der Waals surface area contributed by atoms with E-state index in [4.69, 9.17) is 0 Å². The maximum absolute atomic E-state index is 11.4. The molecule has 63 heavy (non-hydrogen) atoms. The smallest absolute Gasteiger partial charge is 0.313 e. The molecule has 4 N–H and O–H groups in total. The molecule has 4 aromatic carbocycles. The Morgan fingerprint density at radius 1 is 0.571 bits per heavy atom. The topological polar surface area (TPSA) is 252 Å². The number of phenolic OH excluding ortho intramolecular Hbond substituents is 2. The zero-order valence-electron chi connectivity index (χ0n) is 36.6. The second-order valence-corrected chi connectivity index (χ2v) is 17.4. The summed E-state index contributed by atoms with van der Waals surface area (Å²) in [5, 5.41) is 89.4. The van der Waals surface area contributed by atoms with Crippen LogP contribution >= 0.6 is 0 Å². The Labute approximate surface area is 374 Å². The summed E-state index contributed by atoms with van der Waals surface area (Å²) in [6.07, 6.45) is 1.10. The number of benzene rings is 4. The van der Waals surface area contributed by atoms with Crippen molar-refractivity contribution in [1.29, 1.82) is 0 Å². The normalized spacial score (nSPS) is 11.7. The molecule has 0 aliphatic carbocycles. The van der Waals surface area contributed by atoms with Gasteiger partial charge < -0.3 is 20.4 Å². The van der Waals surface area contributed by atoms with Crippen molar-refractivity contribution < 1.29 is 47.1 Å². The van der Waals surface area contributed by atoms with Gasteiger partial charge in [-0.25, -0.2) is 0 Å². The molecule has 0 amide bonds. The zero-order valence-corrected chi connectivity index (χ0v) is 37.6. The molecule has 0 fully saturated rings. The Hall–Kier alpha value is -6.99. The molecule has 333 valence electrons. The first kappa shape index (κ1) is 48.7. The molecule has 0 spiro atoms. The minimum atomic E-state index is -0.654. The van der Waals surface area contributed by atoms with Gasteiger partial charge in [-0.3, -0.25) is 20.2 Å². The third kappa shape index (κ3) is 12.1. The number of nitro benzene ring substituents is 2. The third-order valence-corrected chi connectivity index (χ3v) is 9.14. The van der Waals surface area contributed by atoms with Crippen LogP contribution in [0.15, 0.2) is 93.3 Å². The molecule has 0 saturated carbocycles. The predicted octanol–water partition coefficient (Wildman–Crippen LogP) is 11.6. The summed E-state index contributed by atoms with van der Waals surface area (Å²) in [7, 11) is 0. The summed E-state index contributed by atoms with van der Waals surface area (Å²) < 4.78 is 2.68. The molecule has 1 radical (unpaired) electrons. The van der Waals surface area contributed by atoms with Crippen molar-refractivity contribution in [2.24, 2.45) is 31.3 Å². The Balaban J connectivity index is 0.000000272. The number of aromatic nitrogens is 4. The van der Waals surface area contributed by atoms with Crippen molar-refractivity contribution in [3.8, 4) is 34.6 Å². The third-order valence-electron chi connectivity index (χ3n) is 9.14. The van der Waals surface area contributed by atoms with Gasteiger partial charge in [0.05, 0.1) is 32.6 Å². The molecule has 0 aliphatic heterocycles. The average Bonchev–Trinajstić information content (AvgIpc) is 3.62. The number of nitrogens with zero attached hydrogens (tertiary/aromatic N) is 10. The predicted molar refractivity (Wildman–Crippen MR) is 234 cm³/mol. The number of aromatic hydroxyl groups is 4. The van der Waals surface area contributed by atoms with E-state index in [1.807, 2.05) is 91.8 Å². The van der Waals surface area contributed by atoms with Gasteiger partial charge in [-0.15, -0.1) is 20.5 Å². The van der Waals surface area contributed by atoms with Crippen molar-refractivity contribution in [2.75, 3.05) is 0 Å². The molecule has 0 bridgehead atoms. The molecule has 0 atom stereocenters. The molecule has 2 aromatic heterocycles. The van der Waals surface area contributed by atoms with Crippen LogP contribution in [0.1, 0.15) is 75.2 Å². The fraction of sp³-hybridized carbons (Fsp3) is 0.318. The van der Waals surface area contributed by atoms with Crippen LogP contribution in [0, 0.1) is 58.8 Å². The number of nitro groups is 2. The van der Waals surface area contributed by atoms with Crippen LogP contribution in [-0.2, 0) is 29.6 Å². The largest absolute Gasteiger partial charge is 0.501 e. The fourth-order valence-corrected chi connectivity index (χ4v) is 6.52. The second kappa shape index (κ2) is 19.4. The van der Waals surface area contributed by atoms with E-state index in [0.29, 0.717) is 46.7 Å². The monoisotopic (exact) mass is 905 g/mol. The number of hydrogen-bond acceptors (Lipinski definition) is 14. The van der Waals surface area contributed by atoms with E-state index in [1.54, 1.807) is 38.1 Å². The fourth-order valence-electron chi connectivity index (χ4n) is 6.52. The first-order valence-corrected chi connectivity index (χ1v) is 19.5. The number of rotatable bonds is 10. The van der Waals surface area contributed by atoms with Crippen LogP contribution in [0.25, 0.3) is 11.4 Å². The maximum Gasteiger partial charge on any atom is 0.313 e. The van der Waals surface area contributed by atoms with Crippen LogP contribution < -0.4 is 0 Å². The molecule has 0 saturated heterocycles. The zero-order chi connectivity index (χ0) is 45.8. The summed E-state index contributed by atoms with van der Waals surface area (Å²) >= 11 is 0. The summed E-state index contributed by atoms with van der Waals surface area (Å²) in [5.41, 5.74) is 4.49. The van der Waals surface area contributed by atoms with Gasteiger partial charge in [-0.05, 0) is 110 Å². The van der Waals surface area contributed by atoms with Gasteiger partial charge in [-0.1, -0.05) is 65.8 Å². The first-order valence-electron chi connectivity index (χ1n) is 19.5. The van der Waals surface area contributed by atoms with E-state index in [2.05, 4.69) is 30.7 Å². The standard InChI is InChI=1S/2C22H25N5O4.Co/c2*1-13-7-6-8-16(9-13)26-21(29)19(14(2)25-26)24-23-17-10-15(12-22(3,4)5)11-18(20(17)28)27(30)31;/h2*6-11,28-29H,12H2,1-5H3;. The average molecular weight is 906 g/mol. The molecular formula is C44H50CoN10O8. The summed E-state index contributed by atoms with van der Waals surface area (Å²) in [6, 6.07) is 20.7. The summed E-state index contributed by atoms with van der Waals surface area (Å²) in [5.74, 6) is -1.58. The number of azo groups is 2. The summed E-state index contributed by atoms with van der Waals surface area (Å²) in [6.45, 7) is 19.2. The molecule has 0 aliphatic rings. The van der Waals surface area contributed by atoms with Crippen molar-refractivity contribution >= 4 is 34.1 Å². The van der Waals surface area contributed by atoms with Crippen LogP contribution in [0.2, 0.25) is 0 Å². The van der Waals surface area contributed by atoms with Crippen LogP contribution in [-0.4, -0.2) is 49.8 Å². The van der Waals surface area contributed by atoms with E-state index in [1.165, 1.54) is 21.5 Å². The van der Waals surface area contributed by atoms with E-state index in [-0.39, 0.29) is 62.1 Å². The van der Waals surface area contributed by atoms with Crippen LogP contribution in [0.5, 0.6) is 23.3 Å². The SMILES string of the molecule is Cc1cccc(-n2nc(C)c(N=Nc3cc(CC(C)(C)C)cc([N+](=O)[O-])c3O)c2O)c1.Cc1cccc(-n2nc(C)c(N=Nc3cc(CC(C)(C)C)cc([N+](=O)[O-])c3O)c2O)c1.[Co]. The van der Waals surface area contributed by atoms with Gasteiger partial charge in [0.15, 0.2) is 11.4 Å². The Kier molecular flexibility index (Phi) is 15.0. The second-order valence-electron chi connectivity index (χ2n) is 17.4. The van der Waals surface area contributed by atoms with Crippen molar-refractivity contribution in [3.63, 3.8) is 0 Å².